The van der Waals surface area contributed by atoms with Crippen LogP contribution in [0.25, 0.3) is 21.8 Å². The molecule has 22 nitrogen and oxygen atoms in total. The molecule has 82 heavy (non-hydrogen) atoms. The first-order valence-corrected chi connectivity index (χ1v) is 28.1. The summed E-state index contributed by atoms with van der Waals surface area (Å²) in [6.07, 6.45) is 1.07. The van der Waals surface area contributed by atoms with Crippen molar-refractivity contribution in [3.05, 3.63) is 84.2 Å². The number of nitrogens with one attached hydrogen (secondary N) is 4. The maximum Gasteiger partial charge on any atom is 0.270 e. The summed E-state index contributed by atoms with van der Waals surface area (Å²) in [6.45, 7) is 12.6. The molecule has 5 rings (SSSR count). The van der Waals surface area contributed by atoms with Gasteiger partial charge in [0.1, 0.15) is 47.6 Å². The largest absolute Gasteiger partial charge is 0.352 e. The van der Waals surface area contributed by atoms with Gasteiger partial charge in [0, 0.05) is 66.1 Å². The number of para-hydroxylation sites is 2. The van der Waals surface area contributed by atoms with Crippen LogP contribution in [-0.2, 0) is 38.4 Å². The van der Waals surface area contributed by atoms with Gasteiger partial charge in [-0.25, -0.2) is 9.97 Å². The lowest BCUT2D eigenvalue weighted by atomic mass is 9.96. The molecule has 0 unspecified atom stereocenters. The maximum atomic E-state index is 14.9. The van der Waals surface area contributed by atoms with E-state index < -0.39 is 133 Å². The number of benzene rings is 2. The van der Waals surface area contributed by atoms with Crippen LogP contribution >= 0.6 is 0 Å². The molecule has 4 aromatic rings. The van der Waals surface area contributed by atoms with Gasteiger partial charge in [-0.3, -0.25) is 47.9 Å². The minimum absolute atomic E-state index is 0.0215. The lowest BCUT2D eigenvalue weighted by molar-refractivity contribution is -0.150. The Hall–Kier alpha value is -8.04. The third kappa shape index (κ3) is 16.1. The molecule has 22 heteroatoms. The van der Waals surface area contributed by atoms with Gasteiger partial charge in [-0.1, -0.05) is 117 Å². The van der Waals surface area contributed by atoms with Gasteiger partial charge in [-0.2, -0.15) is 0 Å². The van der Waals surface area contributed by atoms with E-state index in [1.54, 1.807) is 50.2 Å². The lowest BCUT2D eigenvalue weighted by Gasteiger charge is -2.37. The van der Waals surface area contributed by atoms with E-state index in [1.807, 2.05) is 65.8 Å². The highest BCUT2D eigenvalue weighted by Crippen LogP contribution is 2.22. The molecule has 0 spiro atoms. The van der Waals surface area contributed by atoms with Gasteiger partial charge in [0.25, 0.3) is 11.8 Å². The second-order valence-electron chi connectivity index (χ2n) is 22.6. The van der Waals surface area contributed by atoms with E-state index in [1.165, 1.54) is 74.0 Å². The Balaban J connectivity index is 1.59. The zero-order valence-electron chi connectivity index (χ0n) is 50.0. The van der Waals surface area contributed by atoms with Gasteiger partial charge in [0.15, 0.2) is 0 Å². The van der Waals surface area contributed by atoms with E-state index >= 15 is 0 Å². The molecular formula is C60H84N12O10. The summed E-state index contributed by atoms with van der Waals surface area (Å²) in [4.78, 5) is 161. The van der Waals surface area contributed by atoms with Crippen molar-refractivity contribution in [2.75, 3.05) is 68.5 Å². The Morgan fingerprint density at radius 1 is 0.500 bits per heavy atom. The van der Waals surface area contributed by atoms with Crippen molar-refractivity contribution in [1.29, 1.82) is 0 Å². The Kier molecular flexibility index (Phi) is 23.0. The van der Waals surface area contributed by atoms with E-state index in [0.29, 0.717) is 23.9 Å². The van der Waals surface area contributed by atoms with Crippen LogP contribution in [0.5, 0.6) is 0 Å². The molecule has 8 atom stereocenters. The monoisotopic (exact) mass is 1130 g/mol. The molecule has 0 bridgehead atoms. The van der Waals surface area contributed by atoms with Crippen LogP contribution in [0, 0.1) is 23.7 Å². The molecule has 1 saturated heterocycles. The van der Waals surface area contributed by atoms with Gasteiger partial charge in [0.2, 0.25) is 47.3 Å². The predicted molar refractivity (Wildman–Crippen MR) is 311 cm³/mol. The SMILES string of the molecule is CC[C@@H](C)[C@H]1C(=O)NC[C@H](NC(=O)c2ccc3ccccc3n2)C(=O)N(C)[C@@H](CC(C)C)C(=O)N(C)CC(=O)N(C)[C@@H]([C@H](C)CC)C(=O)NC[C@H](NC(=O)c2ccc3ccccc3n2)C(=O)N(C)[C@@H](CC(C)C)C(=O)N(C)CC(=O)N1C. The van der Waals surface area contributed by atoms with Crippen LogP contribution < -0.4 is 21.3 Å². The smallest absolute Gasteiger partial charge is 0.270 e. The number of nitrogens with zero attached hydrogens (tertiary/aromatic N) is 8. The summed E-state index contributed by atoms with van der Waals surface area (Å²) in [6, 6.07) is 13.1. The second kappa shape index (κ2) is 29.1. The van der Waals surface area contributed by atoms with Gasteiger partial charge in [-0.15, -0.1) is 0 Å². The summed E-state index contributed by atoms with van der Waals surface area (Å²) < 4.78 is 0. The molecule has 0 saturated carbocycles. The summed E-state index contributed by atoms with van der Waals surface area (Å²) >= 11 is 0. The number of rotatable bonds is 12. The van der Waals surface area contributed by atoms with Crippen LogP contribution in [0.3, 0.4) is 0 Å². The fourth-order valence-electron chi connectivity index (χ4n) is 10.1. The standard InChI is InChI=1S/C60H84N12O10/c1-15-37(7)51-55(77)61-31-45(65-53(75)43-27-25-39-21-17-19-23-41(39)63-43)57(79)69(11)48(30-36(5)6)60(82)68(10)34-50(74)72(14)52(38(8)16-2)56(78)62-32-46(66-54(76)44-28-26-40-22-18-20-24-42(40)64-44)58(80)70(12)47(29-35(3)4)59(81)67(9)33-49(73)71(51)13/h17-28,35-38,45-48,51-52H,15-16,29-34H2,1-14H3,(H,61,77)(H,62,78)(H,65,75)(H,66,76)/t37-,38-,45+,46+,47+,48+,51+,52+/m1/s1. The first kappa shape index (κ1) is 64.8. The Morgan fingerprint density at radius 2 is 0.841 bits per heavy atom. The molecule has 444 valence electrons. The van der Waals surface area contributed by atoms with E-state index in [-0.39, 0.29) is 36.1 Å². The van der Waals surface area contributed by atoms with E-state index in [4.69, 9.17) is 0 Å². The quantitative estimate of drug-likeness (QED) is 0.159. The number of amides is 10. The minimum Gasteiger partial charge on any atom is -0.352 e. The number of pyridine rings is 2. The van der Waals surface area contributed by atoms with Gasteiger partial charge >= 0.3 is 0 Å². The molecule has 2 aromatic heterocycles. The third-order valence-corrected chi connectivity index (χ3v) is 15.4. The Bertz CT molecular complexity index is 2790. The highest BCUT2D eigenvalue weighted by atomic mass is 16.2. The van der Waals surface area contributed by atoms with Gasteiger partial charge in [0.05, 0.1) is 24.1 Å². The van der Waals surface area contributed by atoms with Crippen molar-refractivity contribution in [2.24, 2.45) is 23.7 Å². The second-order valence-corrected chi connectivity index (χ2v) is 22.6. The zero-order chi connectivity index (χ0) is 60.9. The van der Waals surface area contributed by atoms with Crippen molar-refractivity contribution in [3.8, 4) is 0 Å². The minimum atomic E-state index is -1.49. The molecule has 1 aliphatic rings. The van der Waals surface area contributed by atoms with Gasteiger partial charge < -0.3 is 50.7 Å². The first-order valence-electron chi connectivity index (χ1n) is 28.1. The number of hydrogen-bond donors (Lipinski definition) is 4. The van der Waals surface area contributed by atoms with Crippen molar-refractivity contribution >= 4 is 80.9 Å². The number of carbonyl (C=O) groups excluding carboxylic acids is 10. The number of carbonyl (C=O) groups is 10. The number of hydrogen-bond acceptors (Lipinski definition) is 12. The average molecular weight is 1130 g/mol. The van der Waals surface area contributed by atoms with Crippen molar-refractivity contribution in [2.45, 2.75) is 117 Å². The van der Waals surface area contributed by atoms with Crippen molar-refractivity contribution < 1.29 is 47.9 Å². The van der Waals surface area contributed by atoms with Crippen molar-refractivity contribution in [1.82, 2.24) is 60.6 Å². The molecular weight excluding hydrogens is 1050 g/mol. The number of likely N-dealkylation sites (N-methyl/N-ethyl adjacent to an activating group) is 6. The average Bonchev–Trinajstić information content (AvgIpc) is 3.47. The number of aromatic nitrogens is 2. The summed E-state index contributed by atoms with van der Waals surface area (Å²) in [5, 5.41) is 12.6. The van der Waals surface area contributed by atoms with Crippen LogP contribution in [0.2, 0.25) is 0 Å². The summed E-state index contributed by atoms with van der Waals surface area (Å²) in [7, 11) is 8.46. The summed E-state index contributed by atoms with van der Waals surface area (Å²) in [5.74, 6) is -8.16. The topological polar surface area (TPSA) is 264 Å². The zero-order valence-corrected chi connectivity index (χ0v) is 50.0. The van der Waals surface area contributed by atoms with Crippen LogP contribution in [0.15, 0.2) is 72.8 Å². The summed E-state index contributed by atoms with van der Waals surface area (Å²) in [5.41, 5.74) is 0.996. The fraction of sp³-hybridized carbons (Fsp3) is 0.533. The maximum absolute atomic E-state index is 14.9. The van der Waals surface area contributed by atoms with Crippen molar-refractivity contribution in [3.63, 3.8) is 0 Å². The first-order chi connectivity index (χ1) is 38.7. The van der Waals surface area contributed by atoms with Gasteiger partial charge in [-0.05, 0) is 60.8 Å². The van der Waals surface area contributed by atoms with Crippen LogP contribution in [0.1, 0.15) is 102 Å². The normalized spacial score (nSPS) is 22.2. The molecule has 4 N–H and O–H groups in total. The van der Waals surface area contributed by atoms with E-state index in [0.717, 1.165) is 20.6 Å². The molecule has 1 aliphatic heterocycles. The van der Waals surface area contributed by atoms with Crippen LogP contribution in [0.4, 0.5) is 0 Å². The fourth-order valence-corrected chi connectivity index (χ4v) is 10.1. The molecule has 0 aliphatic carbocycles. The molecule has 2 aromatic carbocycles. The van der Waals surface area contributed by atoms with E-state index in [9.17, 15) is 47.9 Å². The highest BCUT2D eigenvalue weighted by Gasteiger charge is 2.41. The Morgan fingerprint density at radius 3 is 1.17 bits per heavy atom. The number of fused-ring (bicyclic) bond motifs is 2. The van der Waals surface area contributed by atoms with Crippen LogP contribution in [-0.4, -0.2) is 203 Å². The third-order valence-electron chi connectivity index (χ3n) is 15.4. The highest BCUT2D eigenvalue weighted by molar-refractivity contribution is 6.01. The predicted octanol–water partition coefficient (Wildman–Crippen LogP) is 3.34. The molecule has 3 heterocycles. The molecule has 0 radical (unpaired) electrons. The Labute approximate surface area is 481 Å². The molecule has 1 fully saturated rings. The molecule has 10 amide bonds. The lowest BCUT2D eigenvalue weighted by Crippen LogP contribution is -2.61. The van der Waals surface area contributed by atoms with E-state index in [2.05, 4.69) is 31.2 Å².